The minimum absolute atomic E-state index is 0.145. The van der Waals surface area contributed by atoms with Crippen LogP contribution < -0.4 is 4.74 Å². The average Bonchev–Trinajstić information content (AvgIpc) is 2.13. The molecule has 2 rings (SSSR count). The van der Waals surface area contributed by atoms with Crippen molar-refractivity contribution in [1.82, 2.24) is 0 Å². The molecule has 0 saturated heterocycles. The second-order valence-electron chi connectivity index (χ2n) is 4.21. The quantitative estimate of drug-likeness (QED) is 0.829. The minimum atomic E-state index is -0.237. The summed E-state index contributed by atoms with van der Waals surface area (Å²) in [4.78, 5) is 0. The van der Waals surface area contributed by atoms with Crippen molar-refractivity contribution in [2.45, 2.75) is 25.9 Å². The van der Waals surface area contributed by atoms with Crippen LogP contribution in [0, 0.1) is 18.7 Å². The highest BCUT2D eigenvalue weighted by Gasteiger charge is 2.27. The van der Waals surface area contributed by atoms with Crippen LogP contribution in [0.4, 0.5) is 4.39 Å². The minimum Gasteiger partial charge on any atom is -0.493 e. The molecule has 1 fully saturated rings. The highest BCUT2D eigenvalue weighted by atomic mass is 19.1. The van der Waals surface area contributed by atoms with E-state index in [1.165, 1.54) is 12.1 Å². The molecular weight excluding hydrogens is 195 g/mol. The molecule has 1 N–H and O–H groups in total. The first-order chi connectivity index (χ1) is 7.15. The van der Waals surface area contributed by atoms with E-state index < -0.39 is 0 Å². The van der Waals surface area contributed by atoms with E-state index in [4.69, 9.17) is 9.84 Å². The zero-order valence-corrected chi connectivity index (χ0v) is 8.74. The Kier molecular flexibility index (Phi) is 2.91. The van der Waals surface area contributed by atoms with Gasteiger partial charge in [-0.2, -0.15) is 0 Å². The maximum atomic E-state index is 12.8. The molecule has 1 aromatic carbocycles. The number of hydrogen-bond donors (Lipinski definition) is 1. The highest BCUT2D eigenvalue weighted by molar-refractivity contribution is 5.32. The van der Waals surface area contributed by atoms with Crippen LogP contribution in [-0.4, -0.2) is 17.8 Å². The van der Waals surface area contributed by atoms with E-state index in [-0.39, 0.29) is 11.9 Å². The predicted molar refractivity (Wildman–Crippen MR) is 55.4 cm³/mol. The molecule has 1 saturated carbocycles. The van der Waals surface area contributed by atoms with Crippen molar-refractivity contribution < 1.29 is 14.2 Å². The lowest BCUT2D eigenvalue weighted by molar-refractivity contribution is 0.0202. The smallest absolute Gasteiger partial charge is 0.123 e. The first-order valence-electron chi connectivity index (χ1n) is 5.22. The van der Waals surface area contributed by atoms with Crippen molar-refractivity contribution in [3.05, 3.63) is 29.6 Å². The van der Waals surface area contributed by atoms with Gasteiger partial charge in [-0.1, -0.05) is 0 Å². The number of rotatable bonds is 3. The molecule has 1 aliphatic rings. The summed E-state index contributed by atoms with van der Waals surface area (Å²) in [5.74, 6) is 0.946. The molecule has 0 radical (unpaired) electrons. The van der Waals surface area contributed by atoms with E-state index in [0.717, 1.165) is 24.2 Å². The molecule has 1 aliphatic carbocycles. The van der Waals surface area contributed by atoms with Gasteiger partial charge >= 0.3 is 0 Å². The number of aliphatic hydroxyl groups is 1. The van der Waals surface area contributed by atoms with Crippen LogP contribution in [0.3, 0.4) is 0 Å². The topological polar surface area (TPSA) is 29.5 Å². The largest absolute Gasteiger partial charge is 0.493 e. The molecule has 82 valence electrons. The van der Waals surface area contributed by atoms with Crippen LogP contribution in [0.1, 0.15) is 18.4 Å². The zero-order chi connectivity index (χ0) is 10.8. The van der Waals surface area contributed by atoms with E-state index in [1.807, 2.05) is 6.92 Å². The molecule has 1 aromatic rings. The van der Waals surface area contributed by atoms with E-state index in [1.54, 1.807) is 6.07 Å². The van der Waals surface area contributed by atoms with Gasteiger partial charge in [0.1, 0.15) is 11.6 Å². The third kappa shape index (κ3) is 2.48. The van der Waals surface area contributed by atoms with Crippen LogP contribution >= 0.6 is 0 Å². The van der Waals surface area contributed by atoms with Gasteiger partial charge in [0.15, 0.2) is 0 Å². The van der Waals surface area contributed by atoms with Crippen molar-refractivity contribution in [2.24, 2.45) is 5.92 Å². The van der Waals surface area contributed by atoms with Gasteiger partial charge in [-0.25, -0.2) is 4.39 Å². The summed E-state index contributed by atoms with van der Waals surface area (Å²) in [6.07, 6.45) is 1.49. The molecule has 0 aromatic heterocycles. The van der Waals surface area contributed by atoms with Crippen LogP contribution in [0.5, 0.6) is 5.75 Å². The lowest BCUT2D eigenvalue weighted by atomic mass is 9.83. The third-order valence-corrected chi connectivity index (χ3v) is 2.82. The number of aliphatic hydroxyl groups excluding tert-OH is 1. The molecule has 2 nitrogen and oxygen atoms in total. The Balaban J connectivity index is 1.88. The summed E-state index contributed by atoms with van der Waals surface area (Å²) in [6.45, 7) is 2.44. The fourth-order valence-corrected chi connectivity index (χ4v) is 1.82. The van der Waals surface area contributed by atoms with Gasteiger partial charge < -0.3 is 9.84 Å². The summed E-state index contributed by atoms with van der Waals surface area (Å²) in [6, 6.07) is 4.52. The molecule has 15 heavy (non-hydrogen) atoms. The monoisotopic (exact) mass is 210 g/mol. The van der Waals surface area contributed by atoms with Crippen LogP contribution in [0.2, 0.25) is 0 Å². The summed E-state index contributed by atoms with van der Waals surface area (Å²) < 4.78 is 18.4. The maximum Gasteiger partial charge on any atom is 0.123 e. The molecule has 0 amide bonds. The second-order valence-corrected chi connectivity index (χ2v) is 4.21. The summed E-state index contributed by atoms with van der Waals surface area (Å²) in [5, 5.41) is 9.10. The first kappa shape index (κ1) is 10.4. The van der Waals surface area contributed by atoms with Crippen molar-refractivity contribution in [1.29, 1.82) is 0 Å². The van der Waals surface area contributed by atoms with E-state index in [9.17, 15) is 4.39 Å². The number of ether oxygens (including phenoxy) is 1. The Morgan fingerprint density at radius 1 is 1.47 bits per heavy atom. The Labute approximate surface area is 88.7 Å². The van der Waals surface area contributed by atoms with Crippen molar-refractivity contribution in [3.8, 4) is 5.75 Å². The molecule has 0 aliphatic heterocycles. The van der Waals surface area contributed by atoms with Gasteiger partial charge in [0.05, 0.1) is 12.7 Å². The highest BCUT2D eigenvalue weighted by Crippen LogP contribution is 2.28. The Hall–Kier alpha value is -1.09. The van der Waals surface area contributed by atoms with E-state index in [2.05, 4.69) is 0 Å². The number of aryl methyl sites for hydroxylation is 1. The predicted octanol–water partition coefficient (Wildman–Crippen LogP) is 2.28. The number of hydrogen-bond acceptors (Lipinski definition) is 2. The van der Waals surface area contributed by atoms with Gasteiger partial charge in [0.2, 0.25) is 0 Å². The molecule has 0 atom stereocenters. The third-order valence-electron chi connectivity index (χ3n) is 2.82. The lowest BCUT2D eigenvalue weighted by Crippen LogP contribution is -2.32. The van der Waals surface area contributed by atoms with Crippen LogP contribution in [-0.2, 0) is 0 Å². The fraction of sp³-hybridized carbons (Fsp3) is 0.500. The number of benzene rings is 1. The van der Waals surface area contributed by atoms with E-state index in [0.29, 0.717) is 12.5 Å². The van der Waals surface area contributed by atoms with Crippen molar-refractivity contribution >= 4 is 0 Å². The summed E-state index contributed by atoms with van der Waals surface area (Å²) in [7, 11) is 0. The standard InChI is InChI=1S/C12H15FO2/c1-8-4-10(13)2-3-12(8)15-7-9-5-11(14)6-9/h2-4,9,11,14H,5-7H2,1H3/t9-,11+. The SMILES string of the molecule is Cc1cc(F)ccc1OC[C@H]1C[C@@H](O)C1. The van der Waals surface area contributed by atoms with Crippen LogP contribution in [0.25, 0.3) is 0 Å². The van der Waals surface area contributed by atoms with Gasteiger partial charge in [-0.05, 0) is 49.4 Å². The van der Waals surface area contributed by atoms with Gasteiger partial charge in [0, 0.05) is 0 Å². The Morgan fingerprint density at radius 3 is 2.80 bits per heavy atom. The average molecular weight is 210 g/mol. The van der Waals surface area contributed by atoms with Gasteiger partial charge in [-0.3, -0.25) is 0 Å². The van der Waals surface area contributed by atoms with Gasteiger partial charge in [0.25, 0.3) is 0 Å². The zero-order valence-electron chi connectivity index (χ0n) is 8.74. The molecule has 0 heterocycles. The van der Waals surface area contributed by atoms with Crippen molar-refractivity contribution in [2.75, 3.05) is 6.61 Å². The maximum absolute atomic E-state index is 12.8. The second kappa shape index (κ2) is 4.19. The molecule has 0 bridgehead atoms. The fourth-order valence-electron chi connectivity index (χ4n) is 1.82. The molecule has 0 unspecified atom stereocenters. The Morgan fingerprint density at radius 2 is 2.20 bits per heavy atom. The summed E-state index contributed by atoms with van der Waals surface area (Å²) >= 11 is 0. The van der Waals surface area contributed by atoms with E-state index >= 15 is 0 Å². The Bertz CT molecular complexity index is 345. The van der Waals surface area contributed by atoms with Crippen molar-refractivity contribution in [3.63, 3.8) is 0 Å². The lowest BCUT2D eigenvalue weighted by Gasteiger charge is -2.31. The van der Waals surface area contributed by atoms with Gasteiger partial charge in [-0.15, -0.1) is 0 Å². The molecule has 0 spiro atoms. The molecule has 3 heteroatoms. The first-order valence-corrected chi connectivity index (χ1v) is 5.22. The van der Waals surface area contributed by atoms with Crippen LogP contribution in [0.15, 0.2) is 18.2 Å². The number of halogens is 1. The molecular formula is C12H15FO2. The summed E-state index contributed by atoms with van der Waals surface area (Å²) in [5.41, 5.74) is 0.815. The normalized spacial score (nSPS) is 24.7.